The van der Waals surface area contributed by atoms with Crippen LogP contribution in [0.25, 0.3) is 10.4 Å². The van der Waals surface area contributed by atoms with Gasteiger partial charge in [-0.1, -0.05) is 35.9 Å². The van der Waals surface area contributed by atoms with Gasteiger partial charge in [-0.2, -0.15) is 0 Å². The summed E-state index contributed by atoms with van der Waals surface area (Å²) in [6, 6.07) is 15.8. The fraction of sp³-hybridized carbons (Fsp3) is 0.304. The molecule has 1 aromatic carbocycles. The summed E-state index contributed by atoms with van der Waals surface area (Å²) in [7, 11) is 1.68. The summed E-state index contributed by atoms with van der Waals surface area (Å²) in [6.07, 6.45) is 0. The highest BCUT2D eigenvalue weighted by molar-refractivity contribution is 7.15. The van der Waals surface area contributed by atoms with Gasteiger partial charge in [-0.05, 0) is 29.6 Å². The van der Waals surface area contributed by atoms with Crippen LogP contribution >= 0.6 is 34.3 Å². The molecule has 1 fully saturated rings. The van der Waals surface area contributed by atoms with Crippen molar-refractivity contribution >= 4 is 46.1 Å². The third kappa shape index (κ3) is 5.36. The minimum Gasteiger partial charge on any atom is -0.339 e. The smallest absolute Gasteiger partial charge is 0.264 e. The number of piperazine rings is 1. The van der Waals surface area contributed by atoms with Crippen molar-refractivity contribution in [3.05, 3.63) is 68.7 Å². The van der Waals surface area contributed by atoms with Crippen LogP contribution in [-0.4, -0.2) is 66.3 Å². The van der Waals surface area contributed by atoms with Gasteiger partial charge < -0.3 is 9.80 Å². The zero-order valence-corrected chi connectivity index (χ0v) is 19.7. The molecular formula is C23H24ClN3O2S2. The van der Waals surface area contributed by atoms with Crippen molar-refractivity contribution < 1.29 is 9.59 Å². The molecule has 2 amide bonds. The Balaban J connectivity index is 1.27. The highest BCUT2D eigenvalue weighted by Crippen LogP contribution is 2.33. The molecule has 1 saturated heterocycles. The first kappa shape index (κ1) is 22.0. The second-order valence-corrected chi connectivity index (χ2v) is 10.1. The first-order chi connectivity index (χ1) is 15.0. The number of halogens is 1. The second-order valence-electron chi connectivity index (χ2n) is 7.54. The van der Waals surface area contributed by atoms with Crippen molar-refractivity contribution in [2.24, 2.45) is 0 Å². The molecule has 0 spiro atoms. The summed E-state index contributed by atoms with van der Waals surface area (Å²) in [4.78, 5) is 33.9. The zero-order chi connectivity index (χ0) is 21.8. The Hall–Kier alpha value is -2.19. The average Bonchev–Trinajstić information content (AvgIpc) is 3.46. The Labute approximate surface area is 195 Å². The number of amides is 2. The van der Waals surface area contributed by atoms with Gasteiger partial charge >= 0.3 is 0 Å². The van der Waals surface area contributed by atoms with Crippen LogP contribution in [0, 0.1) is 0 Å². The monoisotopic (exact) mass is 473 g/mol. The van der Waals surface area contributed by atoms with Crippen molar-refractivity contribution in [2.75, 3.05) is 39.8 Å². The summed E-state index contributed by atoms with van der Waals surface area (Å²) in [5.41, 5.74) is 1.07. The molecule has 3 heterocycles. The Bertz CT molecular complexity index is 1040. The molecule has 8 heteroatoms. The van der Waals surface area contributed by atoms with E-state index in [1.165, 1.54) is 26.0 Å². The Kier molecular flexibility index (Phi) is 7.07. The maximum absolute atomic E-state index is 12.6. The number of carbonyl (C=O) groups is 2. The molecule has 3 aromatic rings. The van der Waals surface area contributed by atoms with Gasteiger partial charge in [-0.3, -0.25) is 14.5 Å². The van der Waals surface area contributed by atoms with E-state index in [1.54, 1.807) is 24.5 Å². The van der Waals surface area contributed by atoms with E-state index in [0.29, 0.717) is 18.0 Å². The Morgan fingerprint density at radius 2 is 1.81 bits per heavy atom. The van der Waals surface area contributed by atoms with E-state index in [0.717, 1.165) is 30.2 Å². The third-order valence-electron chi connectivity index (χ3n) is 5.36. The largest absolute Gasteiger partial charge is 0.339 e. The molecule has 4 rings (SSSR count). The highest BCUT2D eigenvalue weighted by atomic mass is 35.5. The van der Waals surface area contributed by atoms with Crippen molar-refractivity contribution in [1.82, 2.24) is 14.7 Å². The molecule has 5 nitrogen and oxygen atoms in total. The number of likely N-dealkylation sites (N-methyl/N-ethyl adjacent to an activating group) is 1. The fourth-order valence-corrected chi connectivity index (χ4v) is 5.71. The first-order valence-electron chi connectivity index (χ1n) is 10.1. The lowest BCUT2D eigenvalue weighted by Crippen LogP contribution is -2.51. The quantitative estimate of drug-likeness (QED) is 0.527. The predicted molar refractivity (Wildman–Crippen MR) is 128 cm³/mol. The molecular weight excluding hydrogens is 450 g/mol. The highest BCUT2D eigenvalue weighted by Gasteiger charge is 2.24. The second kappa shape index (κ2) is 9.96. The van der Waals surface area contributed by atoms with Gasteiger partial charge in [0.25, 0.3) is 5.91 Å². The summed E-state index contributed by atoms with van der Waals surface area (Å²) < 4.78 is 0. The Morgan fingerprint density at radius 1 is 1.03 bits per heavy atom. The van der Waals surface area contributed by atoms with E-state index < -0.39 is 0 Å². The molecule has 0 unspecified atom stereocenters. The van der Waals surface area contributed by atoms with Crippen LogP contribution in [0.4, 0.5) is 0 Å². The summed E-state index contributed by atoms with van der Waals surface area (Å²) in [5, 5.41) is 2.64. The van der Waals surface area contributed by atoms with Gasteiger partial charge in [0.1, 0.15) is 0 Å². The molecule has 31 heavy (non-hydrogen) atoms. The molecule has 1 aliphatic rings. The minimum atomic E-state index is -0.103. The number of nitrogens with zero attached hydrogens (tertiary/aromatic N) is 3. The van der Waals surface area contributed by atoms with Gasteiger partial charge in [0.2, 0.25) is 5.91 Å². The molecule has 0 aliphatic carbocycles. The van der Waals surface area contributed by atoms with Crippen LogP contribution < -0.4 is 0 Å². The molecule has 0 radical (unpaired) electrons. The standard InChI is InChI=1S/C23H24ClN3O2S2/c1-25(23(29)21-7-4-14-30-21)16-22(28)27-12-10-26(11-13-27)15-17-8-9-20(31-17)18-5-2-3-6-19(18)24/h2-9,14H,10-13,15-16H2,1H3. The van der Waals surface area contributed by atoms with Crippen LogP contribution in [0.2, 0.25) is 5.02 Å². The minimum absolute atomic E-state index is 0.00388. The van der Waals surface area contributed by atoms with Gasteiger partial charge in [0.15, 0.2) is 0 Å². The molecule has 2 aromatic heterocycles. The number of thiophene rings is 2. The lowest BCUT2D eigenvalue weighted by Gasteiger charge is -2.35. The lowest BCUT2D eigenvalue weighted by atomic mass is 10.2. The molecule has 0 saturated carbocycles. The van der Waals surface area contributed by atoms with E-state index in [9.17, 15) is 9.59 Å². The van der Waals surface area contributed by atoms with E-state index in [1.807, 2.05) is 40.6 Å². The molecule has 0 atom stereocenters. The van der Waals surface area contributed by atoms with Gasteiger partial charge in [-0.25, -0.2) is 0 Å². The van der Waals surface area contributed by atoms with Crippen LogP contribution in [0.1, 0.15) is 14.5 Å². The van der Waals surface area contributed by atoms with Crippen LogP contribution in [0.5, 0.6) is 0 Å². The average molecular weight is 474 g/mol. The normalized spacial score (nSPS) is 14.6. The Morgan fingerprint density at radius 3 is 2.52 bits per heavy atom. The van der Waals surface area contributed by atoms with E-state index in [-0.39, 0.29) is 18.4 Å². The van der Waals surface area contributed by atoms with Gasteiger partial charge in [-0.15, -0.1) is 22.7 Å². The number of hydrogen-bond donors (Lipinski definition) is 0. The van der Waals surface area contributed by atoms with Crippen molar-refractivity contribution in [3.63, 3.8) is 0 Å². The summed E-state index contributed by atoms with van der Waals surface area (Å²) in [5.74, 6) is -0.0989. The van der Waals surface area contributed by atoms with E-state index >= 15 is 0 Å². The first-order valence-corrected chi connectivity index (χ1v) is 12.2. The topological polar surface area (TPSA) is 43.9 Å². The number of benzene rings is 1. The van der Waals surface area contributed by atoms with Gasteiger partial charge in [0, 0.05) is 60.1 Å². The van der Waals surface area contributed by atoms with Crippen LogP contribution in [0.3, 0.4) is 0 Å². The zero-order valence-electron chi connectivity index (χ0n) is 17.3. The van der Waals surface area contributed by atoms with Crippen molar-refractivity contribution in [2.45, 2.75) is 6.54 Å². The SMILES string of the molecule is CN(CC(=O)N1CCN(Cc2ccc(-c3ccccc3Cl)s2)CC1)C(=O)c1cccs1. The van der Waals surface area contributed by atoms with E-state index in [2.05, 4.69) is 17.0 Å². The van der Waals surface area contributed by atoms with Crippen molar-refractivity contribution in [1.29, 1.82) is 0 Å². The maximum atomic E-state index is 12.6. The third-order valence-corrected chi connectivity index (χ3v) is 7.65. The van der Waals surface area contributed by atoms with Crippen LogP contribution in [0.15, 0.2) is 53.9 Å². The fourth-order valence-electron chi connectivity index (χ4n) is 3.61. The van der Waals surface area contributed by atoms with Gasteiger partial charge in [0.05, 0.1) is 11.4 Å². The number of hydrogen-bond acceptors (Lipinski definition) is 5. The number of carbonyl (C=O) groups excluding carboxylic acids is 2. The lowest BCUT2D eigenvalue weighted by molar-refractivity contribution is -0.133. The number of rotatable bonds is 6. The van der Waals surface area contributed by atoms with Crippen molar-refractivity contribution in [3.8, 4) is 10.4 Å². The van der Waals surface area contributed by atoms with Crippen LogP contribution in [-0.2, 0) is 11.3 Å². The molecule has 0 N–H and O–H groups in total. The molecule has 0 bridgehead atoms. The molecule has 1 aliphatic heterocycles. The predicted octanol–water partition coefficient (Wildman–Crippen LogP) is 4.55. The van der Waals surface area contributed by atoms with E-state index in [4.69, 9.17) is 11.6 Å². The maximum Gasteiger partial charge on any atom is 0.264 e. The molecule has 162 valence electrons. The summed E-state index contributed by atoms with van der Waals surface area (Å²) in [6.45, 7) is 4.00. The summed E-state index contributed by atoms with van der Waals surface area (Å²) >= 11 is 9.48.